The Labute approximate surface area is 175 Å². The molecule has 9 nitrogen and oxygen atoms in total. The molecule has 1 aromatic carbocycles. The summed E-state index contributed by atoms with van der Waals surface area (Å²) in [5.41, 5.74) is 5.87. The molecule has 156 valence electrons. The standard InChI is InChI=1S/C19H18ClFN6O3/c20-18-23-9-14-15(24-17(28)10-1-3-11(21)4-2-10)26-27(16(14)25-18)12-5-7-13(8-6-12)30-19(22)29/h1-4,9,12-13H,5-8H2,(H2,22,29)(H,24,26,28). The van der Waals surface area contributed by atoms with Gasteiger partial charge in [-0.3, -0.25) is 4.79 Å². The maximum atomic E-state index is 13.1. The van der Waals surface area contributed by atoms with Crippen molar-refractivity contribution in [1.82, 2.24) is 19.7 Å². The first-order chi connectivity index (χ1) is 14.4. The normalized spacial score (nSPS) is 18.9. The topological polar surface area (TPSA) is 125 Å². The molecule has 0 unspecified atom stereocenters. The third-order valence-corrected chi connectivity index (χ3v) is 5.21. The molecule has 1 fully saturated rings. The summed E-state index contributed by atoms with van der Waals surface area (Å²) in [6, 6.07) is 5.17. The van der Waals surface area contributed by atoms with Gasteiger partial charge < -0.3 is 15.8 Å². The zero-order valence-corrected chi connectivity index (χ0v) is 16.5. The molecule has 4 rings (SSSR count). The summed E-state index contributed by atoms with van der Waals surface area (Å²) in [5.74, 6) is -0.582. The number of hydrogen-bond donors (Lipinski definition) is 2. The highest BCUT2D eigenvalue weighted by atomic mass is 35.5. The monoisotopic (exact) mass is 432 g/mol. The van der Waals surface area contributed by atoms with Gasteiger partial charge in [-0.05, 0) is 61.5 Å². The van der Waals surface area contributed by atoms with Crippen LogP contribution in [0, 0.1) is 5.82 Å². The largest absolute Gasteiger partial charge is 0.446 e. The van der Waals surface area contributed by atoms with E-state index in [2.05, 4.69) is 20.4 Å². The second-order valence-corrected chi connectivity index (χ2v) is 7.34. The summed E-state index contributed by atoms with van der Waals surface area (Å²) < 4.78 is 19.9. The van der Waals surface area contributed by atoms with E-state index in [4.69, 9.17) is 22.1 Å². The molecule has 0 radical (unpaired) electrons. The van der Waals surface area contributed by atoms with Gasteiger partial charge in [0.05, 0.1) is 11.4 Å². The molecule has 1 aliphatic rings. The van der Waals surface area contributed by atoms with Crippen LogP contribution in [0.15, 0.2) is 30.5 Å². The van der Waals surface area contributed by atoms with E-state index in [1.165, 1.54) is 30.5 Å². The molecule has 2 amide bonds. The average Bonchev–Trinajstić information content (AvgIpc) is 3.06. The minimum Gasteiger partial charge on any atom is -0.446 e. The van der Waals surface area contributed by atoms with E-state index in [9.17, 15) is 14.0 Å². The Bertz CT molecular complexity index is 1100. The van der Waals surface area contributed by atoms with Crippen molar-refractivity contribution in [1.29, 1.82) is 0 Å². The Morgan fingerprint density at radius 3 is 2.57 bits per heavy atom. The zero-order valence-electron chi connectivity index (χ0n) is 15.7. The molecule has 3 N–H and O–H groups in total. The molecular weight excluding hydrogens is 415 g/mol. The second kappa shape index (κ2) is 8.23. The number of amides is 2. The molecule has 2 heterocycles. The number of nitrogens with one attached hydrogen (secondary N) is 1. The Balaban J connectivity index is 1.60. The number of carbonyl (C=O) groups excluding carboxylic acids is 2. The number of rotatable bonds is 4. The minimum atomic E-state index is -0.784. The number of nitrogens with zero attached hydrogens (tertiary/aromatic N) is 4. The van der Waals surface area contributed by atoms with Crippen molar-refractivity contribution < 1.29 is 18.7 Å². The van der Waals surface area contributed by atoms with E-state index in [0.29, 0.717) is 36.7 Å². The van der Waals surface area contributed by atoms with Crippen molar-refractivity contribution in [2.24, 2.45) is 5.73 Å². The lowest BCUT2D eigenvalue weighted by atomic mass is 9.93. The van der Waals surface area contributed by atoms with E-state index < -0.39 is 17.8 Å². The van der Waals surface area contributed by atoms with Crippen molar-refractivity contribution in [3.8, 4) is 0 Å². The van der Waals surface area contributed by atoms with Crippen LogP contribution in [-0.4, -0.2) is 37.9 Å². The molecule has 0 bridgehead atoms. The van der Waals surface area contributed by atoms with E-state index in [0.717, 1.165) is 0 Å². The van der Waals surface area contributed by atoms with Gasteiger partial charge in [0.2, 0.25) is 5.28 Å². The lowest BCUT2D eigenvalue weighted by Gasteiger charge is -2.28. The summed E-state index contributed by atoms with van der Waals surface area (Å²) in [5, 5.41) is 7.87. The van der Waals surface area contributed by atoms with Crippen LogP contribution in [0.4, 0.5) is 15.0 Å². The number of benzene rings is 1. The molecule has 0 atom stereocenters. The van der Waals surface area contributed by atoms with Gasteiger partial charge in [0.25, 0.3) is 5.91 Å². The highest BCUT2D eigenvalue weighted by molar-refractivity contribution is 6.28. The van der Waals surface area contributed by atoms with Crippen molar-refractivity contribution in [2.45, 2.75) is 37.8 Å². The molecule has 0 saturated heterocycles. The van der Waals surface area contributed by atoms with Crippen LogP contribution >= 0.6 is 11.6 Å². The fraction of sp³-hybridized carbons (Fsp3) is 0.316. The third-order valence-electron chi connectivity index (χ3n) is 5.03. The van der Waals surface area contributed by atoms with Gasteiger partial charge in [0, 0.05) is 11.8 Å². The number of ether oxygens (including phenoxy) is 1. The number of anilines is 1. The molecule has 0 spiro atoms. The fourth-order valence-corrected chi connectivity index (χ4v) is 3.73. The van der Waals surface area contributed by atoms with E-state index in [1.807, 2.05) is 0 Å². The van der Waals surface area contributed by atoms with E-state index in [-0.39, 0.29) is 28.8 Å². The van der Waals surface area contributed by atoms with Gasteiger partial charge in [-0.25, -0.2) is 18.9 Å². The first kappa shape index (κ1) is 20.0. The summed E-state index contributed by atoms with van der Waals surface area (Å²) in [6.45, 7) is 0. The van der Waals surface area contributed by atoms with Crippen LogP contribution in [0.25, 0.3) is 11.0 Å². The average molecular weight is 433 g/mol. The summed E-state index contributed by atoms with van der Waals surface area (Å²) >= 11 is 5.98. The quantitative estimate of drug-likeness (QED) is 0.608. The Kier molecular flexibility index (Phi) is 5.49. The number of aromatic nitrogens is 4. The van der Waals surface area contributed by atoms with Crippen LogP contribution in [0.5, 0.6) is 0 Å². The molecule has 2 aromatic heterocycles. The van der Waals surface area contributed by atoms with Crippen molar-refractivity contribution >= 4 is 40.5 Å². The second-order valence-electron chi connectivity index (χ2n) is 7.00. The summed E-state index contributed by atoms with van der Waals surface area (Å²) in [4.78, 5) is 31.8. The van der Waals surface area contributed by atoms with Crippen molar-refractivity contribution in [2.75, 3.05) is 5.32 Å². The van der Waals surface area contributed by atoms with Crippen LogP contribution in [0.1, 0.15) is 42.1 Å². The lowest BCUT2D eigenvalue weighted by Crippen LogP contribution is -2.28. The number of hydrogen-bond acceptors (Lipinski definition) is 6. The molecular formula is C19H18ClFN6O3. The fourth-order valence-electron chi connectivity index (χ4n) is 3.60. The molecule has 3 aromatic rings. The number of halogens is 2. The number of carbonyl (C=O) groups is 2. The zero-order chi connectivity index (χ0) is 21.3. The summed E-state index contributed by atoms with van der Waals surface area (Å²) in [6.07, 6.45) is 3.11. The van der Waals surface area contributed by atoms with Gasteiger partial charge in [0.15, 0.2) is 11.5 Å². The van der Waals surface area contributed by atoms with Crippen molar-refractivity contribution in [3.05, 3.63) is 47.1 Å². The van der Waals surface area contributed by atoms with E-state index >= 15 is 0 Å². The number of primary amides is 1. The molecule has 11 heteroatoms. The molecule has 1 aliphatic carbocycles. The van der Waals surface area contributed by atoms with Crippen molar-refractivity contribution in [3.63, 3.8) is 0 Å². The van der Waals surface area contributed by atoms with Crippen LogP contribution in [0.3, 0.4) is 0 Å². The van der Waals surface area contributed by atoms with E-state index in [1.54, 1.807) is 4.68 Å². The van der Waals surface area contributed by atoms with Gasteiger partial charge in [-0.2, -0.15) is 10.1 Å². The smallest absolute Gasteiger partial charge is 0.404 e. The van der Waals surface area contributed by atoms with Gasteiger partial charge in [0.1, 0.15) is 11.9 Å². The molecule has 0 aliphatic heterocycles. The lowest BCUT2D eigenvalue weighted by molar-refractivity contribution is 0.0714. The third kappa shape index (κ3) is 4.18. The number of nitrogens with two attached hydrogens (primary N) is 1. The summed E-state index contributed by atoms with van der Waals surface area (Å²) in [7, 11) is 0. The van der Waals surface area contributed by atoms with Gasteiger partial charge in [-0.15, -0.1) is 0 Å². The molecule has 1 saturated carbocycles. The highest BCUT2D eigenvalue weighted by Crippen LogP contribution is 2.34. The first-order valence-corrected chi connectivity index (χ1v) is 9.72. The van der Waals surface area contributed by atoms with Crippen LogP contribution in [-0.2, 0) is 4.74 Å². The maximum Gasteiger partial charge on any atom is 0.404 e. The number of fused-ring (bicyclic) bond motifs is 1. The van der Waals surface area contributed by atoms with Crippen LogP contribution in [0.2, 0.25) is 5.28 Å². The first-order valence-electron chi connectivity index (χ1n) is 9.34. The Morgan fingerprint density at radius 2 is 1.90 bits per heavy atom. The predicted molar refractivity (Wildman–Crippen MR) is 107 cm³/mol. The van der Waals surface area contributed by atoms with Gasteiger partial charge >= 0.3 is 6.09 Å². The Hall–Kier alpha value is -3.27. The highest BCUT2D eigenvalue weighted by Gasteiger charge is 2.28. The predicted octanol–water partition coefficient (Wildman–Crippen LogP) is 3.45. The maximum absolute atomic E-state index is 13.1. The Morgan fingerprint density at radius 1 is 1.20 bits per heavy atom. The van der Waals surface area contributed by atoms with Gasteiger partial charge in [-0.1, -0.05) is 0 Å². The molecule has 30 heavy (non-hydrogen) atoms. The van der Waals surface area contributed by atoms with Crippen LogP contribution < -0.4 is 11.1 Å². The minimum absolute atomic E-state index is 0.0253. The SMILES string of the molecule is NC(=O)OC1CCC(n2nc(NC(=O)c3ccc(F)cc3)c3cnc(Cl)nc32)CC1.